The molecule has 0 atom stereocenters. The highest BCUT2D eigenvalue weighted by Crippen LogP contribution is 2.30. The molecular weight excluding hydrogens is 478 g/mol. The van der Waals surface area contributed by atoms with Crippen molar-refractivity contribution in [2.24, 2.45) is 0 Å². The summed E-state index contributed by atoms with van der Waals surface area (Å²) in [4.78, 5) is 12.1. The van der Waals surface area contributed by atoms with Gasteiger partial charge in [0.1, 0.15) is 5.82 Å². The Balaban J connectivity index is 1.51. The van der Waals surface area contributed by atoms with E-state index in [4.69, 9.17) is 4.74 Å². The fraction of sp³-hybridized carbons (Fsp3) is 0.194. The Labute approximate surface area is 221 Å². The molecule has 0 amide bonds. The molecule has 5 nitrogen and oxygen atoms in total. The van der Waals surface area contributed by atoms with Gasteiger partial charge in [-0.1, -0.05) is 115 Å². The first-order chi connectivity index (χ1) is 18.2. The molecule has 0 radical (unpaired) electrons. The molecule has 1 heterocycles. The first kappa shape index (κ1) is 24.8. The number of ether oxygens (including phenoxy) is 1. The lowest BCUT2D eigenvalue weighted by Crippen LogP contribution is -2.15. The van der Waals surface area contributed by atoms with Crippen LogP contribution >= 0.6 is 11.8 Å². The number of esters is 1. The molecule has 0 N–H and O–H groups in total. The Kier molecular flexibility index (Phi) is 7.96. The lowest BCUT2D eigenvalue weighted by atomic mass is 9.91. The summed E-state index contributed by atoms with van der Waals surface area (Å²) in [5.41, 5.74) is 3.62. The second kappa shape index (κ2) is 11.9. The van der Waals surface area contributed by atoms with Crippen LogP contribution in [0.5, 0.6) is 0 Å². The van der Waals surface area contributed by atoms with E-state index in [0.717, 1.165) is 11.0 Å². The van der Waals surface area contributed by atoms with Crippen molar-refractivity contribution in [2.45, 2.75) is 31.0 Å². The van der Waals surface area contributed by atoms with Crippen LogP contribution < -0.4 is 0 Å². The van der Waals surface area contributed by atoms with Gasteiger partial charge in [0, 0.05) is 18.9 Å². The number of benzene rings is 4. The molecule has 186 valence electrons. The van der Waals surface area contributed by atoms with Gasteiger partial charge in [0.25, 0.3) is 0 Å². The van der Waals surface area contributed by atoms with E-state index >= 15 is 0 Å². The maximum absolute atomic E-state index is 12.1. The molecule has 0 fully saturated rings. The predicted octanol–water partition coefficient (Wildman–Crippen LogP) is 6.51. The standard InChI is InChI=1S/C31H29N3O2S/c1-2-36-30(35)22-37-31-33-32-29(20-23-17-18-24-11-9-10-16-27(24)19-23)34(31)21-28(25-12-5-3-6-13-25)26-14-7-4-8-15-26/h3-19,28H,2,20-22H2,1H3. The van der Waals surface area contributed by atoms with Gasteiger partial charge >= 0.3 is 5.97 Å². The molecule has 0 unspecified atom stereocenters. The van der Waals surface area contributed by atoms with Crippen molar-refractivity contribution in [2.75, 3.05) is 12.4 Å². The molecule has 6 heteroatoms. The molecule has 0 saturated carbocycles. The van der Waals surface area contributed by atoms with Crippen LogP contribution in [0.25, 0.3) is 10.8 Å². The molecule has 0 saturated heterocycles. The maximum atomic E-state index is 12.1. The summed E-state index contributed by atoms with van der Waals surface area (Å²) in [6, 6.07) is 35.9. The van der Waals surface area contributed by atoms with E-state index in [-0.39, 0.29) is 17.6 Å². The van der Waals surface area contributed by atoms with Crippen LogP contribution in [0.2, 0.25) is 0 Å². The van der Waals surface area contributed by atoms with Crippen LogP contribution in [-0.4, -0.2) is 33.1 Å². The highest BCUT2D eigenvalue weighted by Gasteiger charge is 2.21. The topological polar surface area (TPSA) is 57.0 Å². The summed E-state index contributed by atoms with van der Waals surface area (Å²) < 4.78 is 7.32. The van der Waals surface area contributed by atoms with Crippen molar-refractivity contribution in [1.82, 2.24) is 14.8 Å². The monoisotopic (exact) mass is 507 g/mol. The maximum Gasteiger partial charge on any atom is 0.316 e. The zero-order chi connectivity index (χ0) is 25.5. The second-order valence-corrected chi connectivity index (χ2v) is 9.78. The SMILES string of the molecule is CCOC(=O)CSc1nnc(Cc2ccc3ccccc3c2)n1CC(c1ccccc1)c1ccccc1. The number of rotatable bonds is 10. The third-order valence-electron chi connectivity index (χ3n) is 6.36. The molecule has 0 aliphatic rings. The Hall–Kier alpha value is -3.90. The van der Waals surface area contributed by atoms with Gasteiger partial charge in [-0.25, -0.2) is 0 Å². The van der Waals surface area contributed by atoms with Crippen molar-refractivity contribution in [3.63, 3.8) is 0 Å². The Morgan fingerprint density at radius 2 is 1.49 bits per heavy atom. The van der Waals surface area contributed by atoms with Gasteiger partial charge in [0.15, 0.2) is 5.16 Å². The number of fused-ring (bicyclic) bond motifs is 1. The molecule has 5 rings (SSSR count). The van der Waals surface area contributed by atoms with Crippen LogP contribution in [0.3, 0.4) is 0 Å². The smallest absolute Gasteiger partial charge is 0.316 e. The lowest BCUT2D eigenvalue weighted by molar-refractivity contribution is -0.139. The molecule has 0 bridgehead atoms. The van der Waals surface area contributed by atoms with Crippen LogP contribution in [0.15, 0.2) is 108 Å². The van der Waals surface area contributed by atoms with Crippen LogP contribution in [0.1, 0.15) is 35.4 Å². The quantitative estimate of drug-likeness (QED) is 0.159. The molecule has 37 heavy (non-hydrogen) atoms. The van der Waals surface area contributed by atoms with Crippen molar-refractivity contribution in [3.8, 4) is 0 Å². The van der Waals surface area contributed by atoms with E-state index in [1.54, 1.807) is 0 Å². The number of nitrogens with zero attached hydrogens (tertiary/aromatic N) is 3. The van der Waals surface area contributed by atoms with Gasteiger partial charge in [-0.2, -0.15) is 0 Å². The third kappa shape index (κ3) is 6.09. The Morgan fingerprint density at radius 3 is 2.16 bits per heavy atom. The zero-order valence-corrected chi connectivity index (χ0v) is 21.6. The molecule has 0 aliphatic carbocycles. The van der Waals surface area contributed by atoms with E-state index < -0.39 is 0 Å². The normalized spacial score (nSPS) is 11.2. The summed E-state index contributed by atoms with van der Waals surface area (Å²) in [7, 11) is 0. The molecule has 0 aliphatic heterocycles. The number of hydrogen-bond donors (Lipinski definition) is 0. The number of carbonyl (C=O) groups is 1. The molecular formula is C31H29N3O2S. The van der Waals surface area contributed by atoms with Crippen LogP contribution in [0.4, 0.5) is 0 Å². The highest BCUT2D eigenvalue weighted by molar-refractivity contribution is 7.99. The van der Waals surface area contributed by atoms with Crippen molar-refractivity contribution in [3.05, 3.63) is 126 Å². The molecule has 5 aromatic rings. The van der Waals surface area contributed by atoms with Crippen molar-refractivity contribution >= 4 is 28.5 Å². The van der Waals surface area contributed by atoms with Crippen LogP contribution in [0, 0.1) is 0 Å². The van der Waals surface area contributed by atoms with E-state index in [1.807, 2.05) is 19.1 Å². The Morgan fingerprint density at radius 1 is 0.838 bits per heavy atom. The number of carbonyl (C=O) groups excluding carboxylic acids is 1. The number of hydrogen-bond acceptors (Lipinski definition) is 5. The summed E-state index contributed by atoms with van der Waals surface area (Å²) >= 11 is 1.38. The largest absolute Gasteiger partial charge is 0.465 e. The van der Waals surface area contributed by atoms with E-state index in [1.165, 1.54) is 39.2 Å². The lowest BCUT2D eigenvalue weighted by Gasteiger charge is -2.21. The van der Waals surface area contributed by atoms with Gasteiger partial charge in [-0.15, -0.1) is 10.2 Å². The fourth-order valence-electron chi connectivity index (χ4n) is 4.55. The minimum atomic E-state index is -0.249. The average Bonchev–Trinajstić information content (AvgIpc) is 3.32. The summed E-state index contributed by atoms with van der Waals surface area (Å²) in [6.07, 6.45) is 0.647. The van der Waals surface area contributed by atoms with Gasteiger partial charge in [0.05, 0.1) is 12.4 Å². The van der Waals surface area contributed by atoms with E-state index in [0.29, 0.717) is 19.6 Å². The summed E-state index contributed by atoms with van der Waals surface area (Å²) in [5, 5.41) is 12.3. The van der Waals surface area contributed by atoms with E-state index in [9.17, 15) is 4.79 Å². The van der Waals surface area contributed by atoms with Gasteiger partial charge < -0.3 is 9.30 Å². The van der Waals surface area contributed by atoms with Gasteiger partial charge in [-0.3, -0.25) is 4.79 Å². The highest BCUT2D eigenvalue weighted by atomic mass is 32.2. The Bertz CT molecular complexity index is 1430. The van der Waals surface area contributed by atoms with Gasteiger partial charge in [-0.05, 0) is 34.4 Å². The van der Waals surface area contributed by atoms with Crippen molar-refractivity contribution in [1.29, 1.82) is 0 Å². The average molecular weight is 508 g/mol. The first-order valence-electron chi connectivity index (χ1n) is 12.5. The molecule has 4 aromatic carbocycles. The fourth-order valence-corrected chi connectivity index (χ4v) is 5.32. The van der Waals surface area contributed by atoms with Gasteiger partial charge in [0.2, 0.25) is 0 Å². The first-order valence-corrected chi connectivity index (χ1v) is 13.5. The minimum absolute atomic E-state index is 0.107. The summed E-state index contributed by atoms with van der Waals surface area (Å²) in [5.74, 6) is 0.929. The van der Waals surface area contributed by atoms with Crippen LogP contribution in [-0.2, 0) is 22.5 Å². The molecule has 0 spiro atoms. The number of thioether (sulfide) groups is 1. The molecule has 1 aromatic heterocycles. The number of aromatic nitrogens is 3. The van der Waals surface area contributed by atoms with E-state index in [2.05, 4.69) is 106 Å². The van der Waals surface area contributed by atoms with Crippen molar-refractivity contribution < 1.29 is 9.53 Å². The third-order valence-corrected chi connectivity index (χ3v) is 7.30. The second-order valence-electron chi connectivity index (χ2n) is 8.84. The zero-order valence-electron chi connectivity index (χ0n) is 20.8. The summed E-state index contributed by atoms with van der Waals surface area (Å²) in [6.45, 7) is 2.84. The predicted molar refractivity (Wildman–Crippen MR) is 149 cm³/mol. The minimum Gasteiger partial charge on any atom is -0.465 e.